The molecule has 1 saturated heterocycles. The Bertz CT molecular complexity index is 1140. The second kappa shape index (κ2) is 11.0. The van der Waals surface area contributed by atoms with Crippen LogP contribution >= 0.6 is 0 Å². The molecule has 1 fully saturated rings. The number of amides is 2. The Morgan fingerprint density at radius 3 is 2.18 bits per heavy atom. The molecule has 0 unspecified atom stereocenters. The highest BCUT2D eigenvalue weighted by Gasteiger charge is 2.23. The summed E-state index contributed by atoms with van der Waals surface area (Å²) < 4.78 is 1.90. The summed E-state index contributed by atoms with van der Waals surface area (Å²) in [7, 11) is 0. The minimum absolute atomic E-state index is 0.0255. The lowest BCUT2D eigenvalue weighted by Gasteiger charge is -2.34. The smallest absolute Gasteiger partial charge is 0.246 e. The SMILES string of the molecule is Cc1nn(-c2ccccc2)c(C)c1/C=C/C(=O)N1CCN(C(=O)CCCc2ccccc2)CC1. The Balaban J connectivity index is 1.28. The van der Waals surface area contributed by atoms with Crippen molar-refractivity contribution in [2.24, 2.45) is 0 Å². The molecule has 3 aromatic rings. The molecule has 2 aromatic carbocycles. The molecule has 0 bridgehead atoms. The third kappa shape index (κ3) is 5.63. The summed E-state index contributed by atoms with van der Waals surface area (Å²) in [5.41, 5.74) is 5.11. The van der Waals surface area contributed by atoms with E-state index in [0.29, 0.717) is 32.6 Å². The lowest BCUT2D eigenvalue weighted by Crippen LogP contribution is -2.50. The van der Waals surface area contributed by atoms with E-state index in [1.165, 1.54) is 5.56 Å². The van der Waals surface area contributed by atoms with Gasteiger partial charge >= 0.3 is 0 Å². The van der Waals surface area contributed by atoms with Crippen molar-refractivity contribution in [3.63, 3.8) is 0 Å². The third-order valence-corrected chi connectivity index (χ3v) is 6.38. The third-order valence-electron chi connectivity index (χ3n) is 6.38. The molecule has 0 aliphatic carbocycles. The molecule has 2 heterocycles. The van der Waals surface area contributed by atoms with Crippen molar-refractivity contribution in [1.82, 2.24) is 19.6 Å². The molecule has 0 radical (unpaired) electrons. The highest BCUT2D eigenvalue weighted by molar-refractivity contribution is 5.92. The molecule has 0 spiro atoms. The number of benzene rings is 2. The molecule has 6 nitrogen and oxygen atoms in total. The van der Waals surface area contributed by atoms with Crippen LogP contribution in [0.1, 0.15) is 35.4 Å². The Kier molecular flexibility index (Phi) is 7.58. The summed E-state index contributed by atoms with van der Waals surface area (Å²) >= 11 is 0. The van der Waals surface area contributed by atoms with Gasteiger partial charge in [0, 0.05) is 49.9 Å². The number of hydrogen-bond acceptors (Lipinski definition) is 3. The second-order valence-electron chi connectivity index (χ2n) is 8.71. The number of hydrogen-bond donors (Lipinski definition) is 0. The molecule has 4 rings (SSSR count). The van der Waals surface area contributed by atoms with E-state index < -0.39 is 0 Å². The average molecular weight is 457 g/mol. The summed E-state index contributed by atoms with van der Waals surface area (Å²) in [6, 6.07) is 20.2. The molecule has 1 aromatic heterocycles. The number of aromatic nitrogens is 2. The van der Waals surface area contributed by atoms with Crippen molar-refractivity contribution in [3.8, 4) is 5.69 Å². The van der Waals surface area contributed by atoms with Crippen LogP contribution in [0.15, 0.2) is 66.7 Å². The Morgan fingerprint density at radius 1 is 0.882 bits per heavy atom. The topological polar surface area (TPSA) is 58.4 Å². The molecule has 0 saturated carbocycles. The van der Waals surface area contributed by atoms with Gasteiger partial charge < -0.3 is 9.80 Å². The van der Waals surface area contributed by atoms with Gasteiger partial charge in [-0.15, -0.1) is 0 Å². The maximum Gasteiger partial charge on any atom is 0.246 e. The van der Waals surface area contributed by atoms with Gasteiger partial charge in [-0.3, -0.25) is 9.59 Å². The number of para-hydroxylation sites is 1. The molecule has 2 amide bonds. The number of carbonyl (C=O) groups is 2. The van der Waals surface area contributed by atoms with Gasteiger partial charge in [-0.1, -0.05) is 48.5 Å². The molecule has 6 heteroatoms. The van der Waals surface area contributed by atoms with Crippen LogP contribution in [0.25, 0.3) is 11.8 Å². The van der Waals surface area contributed by atoms with E-state index in [9.17, 15) is 9.59 Å². The van der Waals surface area contributed by atoms with Crippen LogP contribution in [-0.2, 0) is 16.0 Å². The maximum atomic E-state index is 12.8. The number of nitrogens with zero attached hydrogens (tertiary/aromatic N) is 4. The van der Waals surface area contributed by atoms with E-state index in [1.54, 1.807) is 6.08 Å². The van der Waals surface area contributed by atoms with Crippen molar-refractivity contribution in [2.75, 3.05) is 26.2 Å². The first-order chi connectivity index (χ1) is 16.5. The van der Waals surface area contributed by atoms with Crippen LogP contribution in [-0.4, -0.2) is 57.6 Å². The number of piperazine rings is 1. The second-order valence-corrected chi connectivity index (χ2v) is 8.71. The first-order valence-corrected chi connectivity index (χ1v) is 11.9. The summed E-state index contributed by atoms with van der Waals surface area (Å²) in [5.74, 6) is 0.153. The molecule has 176 valence electrons. The standard InChI is InChI=1S/C28H32N4O2/c1-22-26(23(2)32(29-22)25-13-7-4-8-14-25)16-17-28(34)31-20-18-30(19-21-31)27(33)15-9-12-24-10-5-3-6-11-24/h3-8,10-11,13-14,16-17H,9,12,15,18-21H2,1-2H3/b17-16+. The molecular formula is C28H32N4O2. The van der Waals surface area contributed by atoms with Crippen molar-refractivity contribution in [1.29, 1.82) is 0 Å². The first-order valence-electron chi connectivity index (χ1n) is 11.9. The van der Waals surface area contributed by atoms with Crippen molar-refractivity contribution in [3.05, 3.63) is 89.3 Å². The molecular weight excluding hydrogens is 424 g/mol. The van der Waals surface area contributed by atoms with Gasteiger partial charge in [-0.25, -0.2) is 4.68 Å². The van der Waals surface area contributed by atoms with Gasteiger partial charge in [0.15, 0.2) is 0 Å². The lowest BCUT2D eigenvalue weighted by molar-refractivity contribution is -0.137. The van der Waals surface area contributed by atoms with Gasteiger partial charge in [-0.2, -0.15) is 5.10 Å². The lowest BCUT2D eigenvalue weighted by atomic mass is 10.1. The fraction of sp³-hybridized carbons (Fsp3) is 0.321. The predicted molar refractivity (Wildman–Crippen MR) is 135 cm³/mol. The van der Waals surface area contributed by atoms with Crippen LogP contribution in [0.3, 0.4) is 0 Å². The fourth-order valence-electron chi connectivity index (χ4n) is 4.40. The monoisotopic (exact) mass is 456 g/mol. The van der Waals surface area contributed by atoms with Gasteiger partial charge in [0.05, 0.1) is 11.4 Å². The molecule has 1 aliphatic heterocycles. The Hall–Kier alpha value is -3.67. The highest BCUT2D eigenvalue weighted by Crippen LogP contribution is 2.19. The molecule has 1 aliphatic rings. The van der Waals surface area contributed by atoms with Crippen molar-refractivity contribution < 1.29 is 9.59 Å². The van der Waals surface area contributed by atoms with Gasteiger partial charge in [0.2, 0.25) is 11.8 Å². The number of rotatable bonds is 7. The van der Waals surface area contributed by atoms with Crippen molar-refractivity contribution >= 4 is 17.9 Å². The summed E-state index contributed by atoms with van der Waals surface area (Å²) in [4.78, 5) is 29.1. The summed E-state index contributed by atoms with van der Waals surface area (Å²) in [6.07, 6.45) is 5.80. The predicted octanol–water partition coefficient (Wildman–Crippen LogP) is 4.20. The quantitative estimate of drug-likeness (QED) is 0.501. The van der Waals surface area contributed by atoms with Crippen LogP contribution in [0, 0.1) is 13.8 Å². The Morgan fingerprint density at radius 2 is 1.50 bits per heavy atom. The van der Waals surface area contributed by atoms with E-state index in [-0.39, 0.29) is 11.8 Å². The normalized spacial score (nSPS) is 14.1. The zero-order valence-corrected chi connectivity index (χ0v) is 20.0. The zero-order chi connectivity index (χ0) is 23.9. The number of aryl methyl sites for hydroxylation is 2. The highest BCUT2D eigenvalue weighted by atomic mass is 16.2. The zero-order valence-electron chi connectivity index (χ0n) is 20.0. The molecule has 0 atom stereocenters. The van der Waals surface area contributed by atoms with E-state index in [0.717, 1.165) is 35.5 Å². The average Bonchev–Trinajstić information content (AvgIpc) is 3.16. The molecule has 34 heavy (non-hydrogen) atoms. The van der Waals surface area contributed by atoms with E-state index in [2.05, 4.69) is 17.2 Å². The summed E-state index contributed by atoms with van der Waals surface area (Å²) in [6.45, 7) is 6.28. The maximum absolute atomic E-state index is 12.8. The fourth-order valence-corrected chi connectivity index (χ4v) is 4.40. The van der Waals surface area contributed by atoms with Gasteiger partial charge in [0.1, 0.15) is 0 Å². The minimum Gasteiger partial charge on any atom is -0.339 e. The van der Waals surface area contributed by atoms with Crippen LogP contribution < -0.4 is 0 Å². The number of carbonyl (C=O) groups excluding carboxylic acids is 2. The minimum atomic E-state index is -0.0255. The van der Waals surface area contributed by atoms with E-state index in [4.69, 9.17) is 0 Å². The van der Waals surface area contributed by atoms with E-state index in [1.807, 2.05) is 82.9 Å². The van der Waals surface area contributed by atoms with E-state index >= 15 is 0 Å². The largest absolute Gasteiger partial charge is 0.339 e. The first kappa shape index (κ1) is 23.5. The molecule has 0 N–H and O–H groups in total. The van der Waals surface area contributed by atoms with Crippen LogP contribution in [0.5, 0.6) is 0 Å². The van der Waals surface area contributed by atoms with Crippen LogP contribution in [0.4, 0.5) is 0 Å². The summed E-state index contributed by atoms with van der Waals surface area (Å²) in [5, 5.41) is 4.64. The van der Waals surface area contributed by atoms with Gasteiger partial charge in [0.25, 0.3) is 0 Å². The van der Waals surface area contributed by atoms with Crippen molar-refractivity contribution in [2.45, 2.75) is 33.1 Å². The van der Waals surface area contributed by atoms with Gasteiger partial charge in [-0.05, 0) is 50.5 Å². The van der Waals surface area contributed by atoms with Crippen LogP contribution in [0.2, 0.25) is 0 Å². The Labute approximate surface area is 201 Å².